The zero-order chi connectivity index (χ0) is 16.3. The lowest BCUT2D eigenvalue weighted by Crippen LogP contribution is -2.42. The van der Waals surface area contributed by atoms with Crippen molar-refractivity contribution in [2.45, 2.75) is 25.6 Å². The standard InChI is InChI=1S/C12H28N2O5SSi/c1-10(12(16)14-8-11(13)15)9-20-6-5-7-21(17-2,18-3)19-4/h10-11,15H,5-9,13H2,1-4H3,(H,14,16). The number of nitrogens with one attached hydrogen (secondary N) is 1. The molecule has 0 heterocycles. The summed E-state index contributed by atoms with van der Waals surface area (Å²) in [6.07, 6.45) is -0.105. The fourth-order valence-electron chi connectivity index (χ4n) is 1.66. The Bertz CT molecular complexity index is 285. The van der Waals surface area contributed by atoms with Gasteiger partial charge in [0.2, 0.25) is 5.91 Å². The maximum atomic E-state index is 11.7. The molecule has 126 valence electrons. The summed E-state index contributed by atoms with van der Waals surface area (Å²) >= 11 is 1.70. The summed E-state index contributed by atoms with van der Waals surface area (Å²) in [5.74, 6) is 1.40. The van der Waals surface area contributed by atoms with Gasteiger partial charge in [-0.2, -0.15) is 11.8 Å². The minimum Gasteiger partial charge on any atom is -0.377 e. The summed E-state index contributed by atoms with van der Waals surface area (Å²) in [7, 11) is 2.33. The van der Waals surface area contributed by atoms with E-state index in [9.17, 15) is 4.79 Å². The van der Waals surface area contributed by atoms with E-state index in [1.54, 1.807) is 33.1 Å². The van der Waals surface area contributed by atoms with E-state index in [0.717, 1.165) is 18.2 Å². The maximum Gasteiger partial charge on any atom is 0.500 e. The third kappa shape index (κ3) is 8.76. The van der Waals surface area contributed by atoms with Crippen molar-refractivity contribution < 1.29 is 23.2 Å². The molecular formula is C12H28N2O5SSi. The second kappa shape index (κ2) is 11.4. The van der Waals surface area contributed by atoms with Gasteiger partial charge in [-0.25, -0.2) is 0 Å². The Hall–Kier alpha value is -0.163. The van der Waals surface area contributed by atoms with Gasteiger partial charge in [-0.15, -0.1) is 0 Å². The molecule has 2 unspecified atom stereocenters. The molecule has 0 aliphatic heterocycles. The van der Waals surface area contributed by atoms with Crippen molar-refractivity contribution in [1.29, 1.82) is 0 Å². The topological polar surface area (TPSA) is 103 Å². The summed E-state index contributed by atoms with van der Waals surface area (Å²) in [5.41, 5.74) is 5.16. The molecule has 0 bridgehead atoms. The first kappa shape index (κ1) is 20.8. The second-order valence-corrected chi connectivity index (χ2v) is 8.93. The molecular weight excluding hydrogens is 312 g/mol. The van der Waals surface area contributed by atoms with Crippen LogP contribution in [-0.4, -0.2) is 65.4 Å². The van der Waals surface area contributed by atoms with Crippen molar-refractivity contribution in [1.82, 2.24) is 5.32 Å². The Labute approximate surface area is 132 Å². The van der Waals surface area contributed by atoms with E-state index >= 15 is 0 Å². The van der Waals surface area contributed by atoms with Crippen LogP contribution in [0.2, 0.25) is 6.04 Å². The quantitative estimate of drug-likeness (QED) is 0.261. The van der Waals surface area contributed by atoms with Crippen molar-refractivity contribution in [2.75, 3.05) is 39.4 Å². The van der Waals surface area contributed by atoms with Gasteiger partial charge in [-0.05, 0) is 12.2 Å². The molecule has 0 aliphatic rings. The van der Waals surface area contributed by atoms with E-state index < -0.39 is 15.0 Å². The van der Waals surface area contributed by atoms with Gasteiger partial charge in [-0.3, -0.25) is 4.79 Å². The van der Waals surface area contributed by atoms with Crippen LogP contribution in [0.1, 0.15) is 13.3 Å². The van der Waals surface area contributed by atoms with E-state index in [4.69, 9.17) is 24.1 Å². The molecule has 2 atom stereocenters. The van der Waals surface area contributed by atoms with Gasteiger partial charge in [-0.1, -0.05) is 6.92 Å². The lowest BCUT2D eigenvalue weighted by atomic mass is 10.2. The number of rotatable bonds is 12. The fourth-order valence-corrected chi connectivity index (χ4v) is 4.66. The van der Waals surface area contributed by atoms with Crippen LogP contribution in [0.5, 0.6) is 0 Å². The Morgan fingerprint density at radius 3 is 2.38 bits per heavy atom. The molecule has 0 aliphatic carbocycles. The number of aliphatic hydroxyl groups excluding tert-OH is 1. The van der Waals surface area contributed by atoms with E-state index in [-0.39, 0.29) is 18.4 Å². The number of hydrogen-bond donors (Lipinski definition) is 3. The zero-order valence-electron chi connectivity index (χ0n) is 13.3. The Balaban J connectivity index is 3.82. The summed E-state index contributed by atoms with van der Waals surface area (Å²) < 4.78 is 16.0. The molecule has 7 nitrogen and oxygen atoms in total. The van der Waals surface area contributed by atoms with Crippen molar-refractivity contribution in [3.8, 4) is 0 Å². The van der Waals surface area contributed by atoms with Crippen LogP contribution >= 0.6 is 11.8 Å². The number of aliphatic hydroxyl groups is 1. The van der Waals surface area contributed by atoms with Crippen molar-refractivity contribution in [2.24, 2.45) is 11.7 Å². The van der Waals surface area contributed by atoms with E-state index in [1.165, 1.54) is 0 Å². The molecule has 0 saturated carbocycles. The third-order valence-electron chi connectivity index (χ3n) is 3.01. The van der Waals surface area contributed by atoms with Crippen LogP contribution in [0.25, 0.3) is 0 Å². The first-order valence-corrected chi connectivity index (χ1v) is 9.94. The van der Waals surface area contributed by atoms with Crippen LogP contribution in [0.15, 0.2) is 0 Å². The molecule has 0 aromatic carbocycles. The number of carbonyl (C=O) groups is 1. The van der Waals surface area contributed by atoms with Crippen LogP contribution in [0.3, 0.4) is 0 Å². The predicted octanol–water partition coefficient (Wildman–Crippen LogP) is 0.0172. The molecule has 0 aromatic rings. The Kier molecular flexibility index (Phi) is 11.3. The molecule has 0 saturated heterocycles. The molecule has 0 aromatic heterocycles. The van der Waals surface area contributed by atoms with Gasteiger partial charge in [0.1, 0.15) is 6.23 Å². The zero-order valence-corrected chi connectivity index (χ0v) is 15.1. The molecule has 0 spiro atoms. The van der Waals surface area contributed by atoms with E-state index in [1.807, 2.05) is 6.92 Å². The van der Waals surface area contributed by atoms with Gasteiger partial charge in [0.05, 0.1) is 6.54 Å². The molecule has 21 heavy (non-hydrogen) atoms. The van der Waals surface area contributed by atoms with Gasteiger partial charge < -0.3 is 29.4 Å². The normalized spacial score (nSPS) is 14.8. The highest BCUT2D eigenvalue weighted by molar-refractivity contribution is 7.99. The van der Waals surface area contributed by atoms with Crippen molar-refractivity contribution >= 4 is 26.5 Å². The highest BCUT2D eigenvalue weighted by Gasteiger charge is 2.36. The van der Waals surface area contributed by atoms with E-state index in [0.29, 0.717) is 5.75 Å². The summed E-state index contributed by atoms with van der Waals surface area (Å²) in [6, 6.07) is 0.753. The Morgan fingerprint density at radius 2 is 1.90 bits per heavy atom. The highest BCUT2D eigenvalue weighted by atomic mass is 32.2. The van der Waals surface area contributed by atoms with Crippen LogP contribution in [-0.2, 0) is 18.1 Å². The molecule has 1 amide bonds. The minimum atomic E-state index is -2.48. The fraction of sp³-hybridized carbons (Fsp3) is 0.917. The first-order chi connectivity index (χ1) is 9.90. The molecule has 9 heteroatoms. The number of thioether (sulfide) groups is 1. The average Bonchev–Trinajstić information content (AvgIpc) is 2.48. The summed E-state index contributed by atoms with van der Waals surface area (Å²) in [5, 5.41) is 11.5. The third-order valence-corrected chi connectivity index (χ3v) is 7.15. The lowest BCUT2D eigenvalue weighted by molar-refractivity contribution is -0.124. The molecule has 4 N–H and O–H groups in total. The predicted molar refractivity (Wildman–Crippen MR) is 85.9 cm³/mol. The van der Waals surface area contributed by atoms with Crippen LogP contribution in [0, 0.1) is 5.92 Å². The average molecular weight is 341 g/mol. The van der Waals surface area contributed by atoms with Crippen LogP contribution < -0.4 is 11.1 Å². The number of hydrogen-bond acceptors (Lipinski definition) is 7. The van der Waals surface area contributed by atoms with Gasteiger partial charge in [0, 0.05) is 39.0 Å². The number of nitrogens with two attached hydrogens (primary N) is 1. The maximum absolute atomic E-state index is 11.7. The monoisotopic (exact) mass is 340 g/mol. The summed E-state index contributed by atoms with van der Waals surface area (Å²) in [4.78, 5) is 11.7. The molecule has 0 rings (SSSR count). The number of carbonyl (C=O) groups excluding carboxylic acids is 1. The van der Waals surface area contributed by atoms with Crippen molar-refractivity contribution in [3.63, 3.8) is 0 Å². The minimum absolute atomic E-state index is 0.0808. The van der Waals surface area contributed by atoms with Crippen LogP contribution in [0.4, 0.5) is 0 Å². The molecule has 0 radical (unpaired) electrons. The molecule has 0 fully saturated rings. The number of amides is 1. The second-order valence-electron chi connectivity index (χ2n) is 4.69. The highest BCUT2D eigenvalue weighted by Crippen LogP contribution is 2.18. The van der Waals surface area contributed by atoms with E-state index in [2.05, 4.69) is 5.32 Å². The van der Waals surface area contributed by atoms with Gasteiger partial charge in [0.15, 0.2) is 0 Å². The van der Waals surface area contributed by atoms with Crippen molar-refractivity contribution in [3.05, 3.63) is 0 Å². The first-order valence-electron chi connectivity index (χ1n) is 6.85. The van der Waals surface area contributed by atoms with Gasteiger partial charge >= 0.3 is 8.80 Å². The Morgan fingerprint density at radius 1 is 1.33 bits per heavy atom. The lowest BCUT2D eigenvalue weighted by Gasteiger charge is -2.24. The SMILES string of the molecule is CO[Si](CCCSCC(C)C(=O)NCC(N)O)(OC)OC. The van der Waals surface area contributed by atoms with Gasteiger partial charge in [0.25, 0.3) is 0 Å². The summed E-state index contributed by atoms with van der Waals surface area (Å²) in [6.45, 7) is 1.93. The smallest absolute Gasteiger partial charge is 0.377 e. The largest absolute Gasteiger partial charge is 0.500 e.